The predicted octanol–water partition coefficient (Wildman–Crippen LogP) is -0.198. The molecular formula is C11H19NO6. The van der Waals surface area contributed by atoms with Crippen LogP contribution in [-0.2, 0) is 9.53 Å². The Balaban J connectivity index is 2.85. The zero-order chi connectivity index (χ0) is 14.1. The van der Waals surface area contributed by atoms with E-state index in [1.807, 2.05) is 0 Å². The van der Waals surface area contributed by atoms with E-state index in [0.29, 0.717) is 0 Å². The number of carboxylic acids is 1. The standard InChI is InChI=1S/C11H19NO6/c1-11(2,3)18-10(17)12-5-4-6(13)8(14)7(12)9(15)16/h6-8,13-14H,4-5H2,1-3H3,(H,15,16)/t6-,7+,8-/m1/s1. The van der Waals surface area contributed by atoms with Gasteiger partial charge in [0, 0.05) is 6.54 Å². The normalized spacial score (nSPS) is 28.9. The molecule has 18 heavy (non-hydrogen) atoms. The van der Waals surface area contributed by atoms with E-state index >= 15 is 0 Å². The van der Waals surface area contributed by atoms with Gasteiger partial charge in [0.15, 0.2) is 6.04 Å². The van der Waals surface area contributed by atoms with Crippen LogP contribution in [0.2, 0.25) is 0 Å². The zero-order valence-corrected chi connectivity index (χ0v) is 10.7. The Morgan fingerprint density at radius 3 is 2.28 bits per heavy atom. The molecule has 1 heterocycles. The number of carbonyl (C=O) groups is 2. The quantitative estimate of drug-likeness (QED) is 0.603. The van der Waals surface area contributed by atoms with Gasteiger partial charge in [0.05, 0.1) is 6.10 Å². The SMILES string of the molecule is CC(C)(C)OC(=O)N1CC[C@@H](O)[C@@H](O)[C@H]1C(=O)O. The van der Waals surface area contributed by atoms with Gasteiger partial charge in [-0.3, -0.25) is 4.90 Å². The first-order valence-electron chi connectivity index (χ1n) is 5.72. The molecule has 1 saturated heterocycles. The number of carboxylic acid groups (broad SMARTS) is 1. The van der Waals surface area contributed by atoms with Gasteiger partial charge in [-0.05, 0) is 27.2 Å². The number of nitrogens with zero attached hydrogens (tertiary/aromatic N) is 1. The molecule has 1 fully saturated rings. The lowest BCUT2D eigenvalue weighted by atomic mass is 9.96. The van der Waals surface area contributed by atoms with E-state index in [9.17, 15) is 19.8 Å². The predicted molar refractivity (Wildman–Crippen MR) is 61.0 cm³/mol. The minimum atomic E-state index is -1.51. The number of hydrogen-bond donors (Lipinski definition) is 3. The van der Waals surface area contributed by atoms with Crippen LogP contribution in [0.15, 0.2) is 0 Å². The minimum absolute atomic E-state index is 0.0319. The van der Waals surface area contributed by atoms with Crippen LogP contribution in [0.1, 0.15) is 27.2 Å². The lowest BCUT2D eigenvalue weighted by Crippen LogP contribution is -2.60. The highest BCUT2D eigenvalue weighted by Gasteiger charge is 2.44. The first-order valence-corrected chi connectivity index (χ1v) is 5.72. The maximum atomic E-state index is 11.8. The highest BCUT2D eigenvalue weighted by molar-refractivity contribution is 5.81. The number of aliphatic hydroxyl groups is 2. The number of rotatable bonds is 1. The third-order valence-electron chi connectivity index (χ3n) is 2.60. The summed E-state index contributed by atoms with van der Waals surface area (Å²) >= 11 is 0. The Hall–Kier alpha value is -1.34. The second-order valence-electron chi connectivity index (χ2n) is 5.30. The number of carbonyl (C=O) groups excluding carboxylic acids is 1. The lowest BCUT2D eigenvalue weighted by molar-refractivity contribution is -0.156. The van der Waals surface area contributed by atoms with Crippen LogP contribution >= 0.6 is 0 Å². The van der Waals surface area contributed by atoms with Crippen molar-refractivity contribution in [2.75, 3.05) is 6.54 Å². The van der Waals surface area contributed by atoms with Crippen molar-refractivity contribution in [1.82, 2.24) is 4.90 Å². The largest absolute Gasteiger partial charge is 0.480 e. The molecule has 0 spiro atoms. The van der Waals surface area contributed by atoms with Crippen LogP contribution in [-0.4, -0.2) is 62.7 Å². The molecule has 7 nitrogen and oxygen atoms in total. The van der Waals surface area contributed by atoms with Crippen LogP contribution < -0.4 is 0 Å². The number of piperidine rings is 1. The molecule has 3 atom stereocenters. The molecule has 0 aromatic rings. The van der Waals surface area contributed by atoms with Crippen molar-refractivity contribution in [3.8, 4) is 0 Å². The maximum Gasteiger partial charge on any atom is 0.411 e. The second kappa shape index (κ2) is 5.11. The molecule has 1 rings (SSSR count). The minimum Gasteiger partial charge on any atom is -0.480 e. The summed E-state index contributed by atoms with van der Waals surface area (Å²) < 4.78 is 5.07. The summed E-state index contributed by atoms with van der Waals surface area (Å²) in [5.74, 6) is -1.37. The van der Waals surface area contributed by atoms with E-state index in [4.69, 9.17) is 9.84 Å². The Morgan fingerprint density at radius 2 is 1.83 bits per heavy atom. The number of hydrogen-bond acceptors (Lipinski definition) is 5. The maximum absolute atomic E-state index is 11.8. The molecule has 0 aliphatic carbocycles. The summed E-state index contributed by atoms with van der Waals surface area (Å²) in [6.45, 7) is 5.02. The molecule has 7 heteroatoms. The Bertz CT molecular complexity index is 337. The molecule has 3 N–H and O–H groups in total. The Morgan fingerprint density at radius 1 is 1.28 bits per heavy atom. The zero-order valence-electron chi connectivity index (χ0n) is 10.7. The van der Waals surface area contributed by atoms with Gasteiger partial charge in [-0.25, -0.2) is 9.59 Å². The van der Waals surface area contributed by atoms with Crippen molar-refractivity contribution >= 4 is 12.1 Å². The van der Waals surface area contributed by atoms with Crippen LogP contribution in [0.3, 0.4) is 0 Å². The van der Waals surface area contributed by atoms with Crippen LogP contribution in [0.5, 0.6) is 0 Å². The van der Waals surface area contributed by atoms with Gasteiger partial charge in [0.25, 0.3) is 0 Å². The molecule has 104 valence electrons. The number of ether oxygens (including phenoxy) is 1. The molecule has 0 aromatic carbocycles. The van der Waals surface area contributed by atoms with Crippen molar-refractivity contribution < 1.29 is 29.6 Å². The van der Waals surface area contributed by atoms with Crippen molar-refractivity contribution in [3.05, 3.63) is 0 Å². The van der Waals surface area contributed by atoms with Crippen molar-refractivity contribution in [2.45, 2.75) is 51.0 Å². The first kappa shape index (κ1) is 14.7. The van der Waals surface area contributed by atoms with E-state index in [1.54, 1.807) is 20.8 Å². The van der Waals surface area contributed by atoms with Gasteiger partial charge in [0.2, 0.25) is 0 Å². The van der Waals surface area contributed by atoms with Crippen molar-refractivity contribution in [2.24, 2.45) is 0 Å². The van der Waals surface area contributed by atoms with Gasteiger partial charge in [-0.1, -0.05) is 0 Å². The summed E-state index contributed by atoms with van der Waals surface area (Å²) in [6.07, 6.45) is -3.35. The lowest BCUT2D eigenvalue weighted by Gasteiger charge is -2.39. The summed E-state index contributed by atoms with van der Waals surface area (Å²) in [4.78, 5) is 23.8. The summed E-state index contributed by atoms with van der Waals surface area (Å²) in [7, 11) is 0. The van der Waals surface area contributed by atoms with Crippen LogP contribution in [0.25, 0.3) is 0 Å². The fourth-order valence-corrected chi connectivity index (χ4v) is 1.78. The molecule has 0 unspecified atom stereocenters. The molecule has 1 amide bonds. The number of amides is 1. The second-order valence-corrected chi connectivity index (χ2v) is 5.30. The number of likely N-dealkylation sites (tertiary alicyclic amines) is 1. The topological polar surface area (TPSA) is 107 Å². The highest BCUT2D eigenvalue weighted by atomic mass is 16.6. The fourth-order valence-electron chi connectivity index (χ4n) is 1.78. The number of aliphatic carboxylic acids is 1. The molecule has 1 aliphatic heterocycles. The van der Waals surface area contributed by atoms with Gasteiger partial charge in [0.1, 0.15) is 11.7 Å². The van der Waals surface area contributed by atoms with E-state index in [2.05, 4.69) is 0 Å². The monoisotopic (exact) mass is 261 g/mol. The highest BCUT2D eigenvalue weighted by Crippen LogP contribution is 2.21. The van der Waals surface area contributed by atoms with Crippen LogP contribution in [0.4, 0.5) is 4.79 Å². The number of aliphatic hydroxyl groups excluding tert-OH is 2. The first-order chi connectivity index (χ1) is 8.13. The Labute approximate surface area is 105 Å². The van der Waals surface area contributed by atoms with Gasteiger partial charge >= 0.3 is 12.1 Å². The fraction of sp³-hybridized carbons (Fsp3) is 0.818. The molecule has 0 saturated carbocycles. The third-order valence-corrected chi connectivity index (χ3v) is 2.60. The smallest absolute Gasteiger partial charge is 0.411 e. The van der Waals surface area contributed by atoms with E-state index in [1.165, 1.54) is 0 Å². The van der Waals surface area contributed by atoms with Gasteiger partial charge < -0.3 is 20.1 Å². The van der Waals surface area contributed by atoms with Gasteiger partial charge in [-0.2, -0.15) is 0 Å². The van der Waals surface area contributed by atoms with Crippen molar-refractivity contribution in [1.29, 1.82) is 0 Å². The van der Waals surface area contributed by atoms with Crippen LogP contribution in [0, 0.1) is 0 Å². The average molecular weight is 261 g/mol. The van der Waals surface area contributed by atoms with E-state index in [0.717, 1.165) is 4.90 Å². The van der Waals surface area contributed by atoms with Gasteiger partial charge in [-0.15, -0.1) is 0 Å². The summed E-state index contributed by atoms with van der Waals surface area (Å²) in [5, 5.41) is 28.1. The molecule has 0 bridgehead atoms. The van der Waals surface area contributed by atoms with Crippen molar-refractivity contribution in [3.63, 3.8) is 0 Å². The molecule has 0 aromatic heterocycles. The molecular weight excluding hydrogens is 242 g/mol. The Kier molecular flexibility index (Phi) is 4.18. The third kappa shape index (κ3) is 3.33. The summed E-state index contributed by atoms with van der Waals surface area (Å²) in [6, 6.07) is -1.48. The molecule has 1 aliphatic rings. The van der Waals surface area contributed by atoms with E-state index in [-0.39, 0.29) is 13.0 Å². The average Bonchev–Trinajstić information content (AvgIpc) is 2.18. The van der Waals surface area contributed by atoms with E-state index < -0.39 is 35.9 Å². The molecule has 0 radical (unpaired) electrons. The summed E-state index contributed by atoms with van der Waals surface area (Å²) in [5.41, 5.74) is -0.749.